The van der Waals surface area contributed by atoms with E-state index in [4.69, 9.17) is 0 Å². The number of rotatable bonds is 3. The lowest BCUT2D eigenvalue weighted by atomic mass is 10.2. The zero-order valence-electron chi connectivity index (χ0n) is 10.4. The third kappa shape index (κ3) is 3.07. The number of hydrogen-bond acceptors (Lipinski definition) is 4. The first kappa shape index (κ1) is 15.9. The smallest absolute Gasteiger partial charge is 0.276 e. The SMILES string of the molecule is Cc1cc(Br)c(NS(=O)(=O)c2c(Br)nnn2C)c(Br)c1. The summed E-state index contributed by atoms with van der Waals surface area (Å²) < 4.78 is 30.0. The molecule has 0 spiro atoms. The molecule has 0 bridgehead atoms. The zero-order valence-corrected chi connectivity index (χ0v) is 15.9. The fraction of sp³-hybridized carbons (Fsp3) is 0.200. The summed E-state index contributed by atoms with van der Waals surface area (Å²) >= 11 is 9.77. The second-order valence-electron chi connectivity index (χ2n) is 4.02. The minimum absolute atomic E-state index is 0.0446. The van der Waals surface area contributed by atoms with Crippen LogP contribution < -0.4 is 4.72 Å². The van der Waals surface area contributed by atoms with Crippen LogP contribution in [0.15, 0.2) is 30.7 Å². The Kier molecular flexibility index (Phi) is 4.57. The zero-order chi connectivity index (χ0) is 15.1. The lowest BCUT2D eigenvalue weighted by Crippen LogP contribution is -2.17. The molecule has 0 fully saturated rings. The third-order valence-corrected chi connectivity index (χ3v) is 5.90. The van der Waals surface area contributed by atoms with Crippen molar-refractivity contribution in [1.29, 1.82) is 0 Å². The lowest BCUT2D eigenvalue weighted by molar-refractivity contribution is 0.578. The fourth-order valence-corrected chi connectivity index (χ4v) is 5.66. The lowest BCUT2D eigenvalue weighted by Gasteiger charge is -2.12. The molecule has 0 aliphatic rings. The summed E-state index contributed by atoms with van der Waals surface area (Å²) in [6.07, 6.45) is 0. The molecule has 6 nitrogen and oxygen atoms in total. The van der Waals surface area contributed by atoms with E-state index >= 15 is 0 Å². The number of anilines is 1. The molecule has 0 saturated carbocycles. The molecule has 1 N–H and O–H groups in total. The van der Waals surface area contributed by atoms with Gasteiger partial charge in [0.15, 0.2) is 4.60 Å². The minimum Gasteiger partial charge on any atom is -0.276 e. The van der Waals surface area contributed by atoms with E-state index in [1.165, 1.54) is 11.7 Å². The summed E-state index contributed by atoms with van der Waals surface area (Å²) in [6.45, 7) is 1.91. The summed E-state index contributed by atoms with van der Waals surface area (Å²) in [7, 11) is -2.30. The van der Waals surface area contributed by atoms with Gasteiger partial charge in [-0.2, -0.15) is 8.42 Å². The molecule has 2 rings (SSSR count). The molecule has 0 unspecified atom stereocenters. The molecule has 1 heterocycles. The highest BCUT2D eigenvalue weighted by Gasteiger charge is 2.25. The van der Waals surface area contributed by atoms with Crippen LogP contribution in [0.2, 0.25) is 0 Å². The van der Waals surface area contributed by atoms with Gasteiger partial charge >= 0.3 is 0 Å². The number of halogens is 3. The van der Waals surface area contributed by atoms with Gasteiger partial charge in [-0.3, -0.25) is 4.72 Å². The monoisotopic (exact) mass is 486 g/mol. The van der Waals surface area contributed by atoms with Gasteiger partial charge in [-0.25, -0.2) is 4.68 Å². The molecule has 10 heteroatoms. The van der Waals surface area contributed by atoms with Crippen molar-refractivity contribution < 1.29 is 8.42 Å². The largest absolute Gasteiger partial charge is 0.281 e. The Bertz CT molecular complexity index is 730. The topological polar surface area (TPSA) is 76.9 Å². The number of benzene rings is 1. The molecule has 20 heavy (non-hydrogen) atoms. The van der Waals surface area contributed by atoms with E-state index in [-0.39, 0.29) is 9.63 Å². The van der Waals surface area contributed by atoms with Crippen LogP contribution in [0, 0.1) is 6.92 Å². The Labute approximate surface area is 141 Å². The molecule has 1 aromatic heterocycles. The summed E-state index contributed by atoms with van der Waals surface area (Å²) in [5, 5.41) is 7.29. The van der Waals surface area contributed by atoms with Gasteiger partial charge in [-0.15, -0.1) is 5.10 Å². The molecule has 0 aliphatic carbocycles. The van der Waals surface area contributed by atoms with E-state index < -0.39 is 10.0 Å². The van der Waals surface area contributed by atoms with Gasteiger partial charge in [0, 0.05) is 16.0 Å². The van der Waals surface area contributed by atoms with E-state index in [2.05, 4.69) is 62.8 Å². The molecule has 0 saturated heterocycles. The Morgan fingerprint density at radius 3 is 2.20 bits per heavy atom. The van der Waals surface area contributed by atoms with Gasteiger partial charge < -0.3 is 0 Å². The van der Waals surface area contributed by atoms with Crippen LogP contribution in [0.1, 0.15) is 5.56 Å². The van der Waals surface area contributed by atoms with E-state index in [9.17, 15) is 8.42 Å². The van der Waals surface area contributed by atoms with Gasteiger partial charge in [0.05, 0.1) is 5.69 Å². The highest BCUT2D eigenvalue weighted by Crippen LogP contribution is 2.34. The minimum atomic E-state index is -3.81. The van der Waals surface area contributed by atoms with Crippen molar-refractivity contribution in [2.45, 2.75) is 11.9 Å². The van der Waals surface area contributed by atoms with Crippen LogP contribution in [-0.2, 0) is 17.1 Å². The van der Waals surface area contributed by atoms with Crippen LogP contribution >= 0.6 is 47.8 Å². The number of nitrogens with zero attached hydrogens (tertiary/aromatic N) is 3. The average Bonchev–Trinajstić information content (AvgIpc) is 2.64. The molecule has 0 amide bonds. The van der Waals surface area contributed by atoms with E-state index in [0.717, 1.165) is 5.56 Å². The first-order valence-electron chi connectivity index (χ1n) is 5.26. The summed E-state index contributed by atoms with van der Waals surface area (Å²) in [5.41, 5.74) is 1.42. The first-order valence-corrected chi connectivity index (χ1v) is 9.12. The number of aryl methyl sites for hydroxylation is 2. The molecule has 0 atom stereocenters. The predicted molar refractivity (Wildman–Crippen MR) is 86.1 cm³/mol. The van der Waals surface area contributed by atoms with Crippen molar-refractivity contribution in [1.82, 2.24) is 15.0 Å². The maximum Gasteiger partial charge on any atom is 0.281 e. The van der Waals surface area contributed by atoms with Crippen LogP contribution in [0.4, 0.5) is 5.69 Å². The first-order chi connectivity index (χ1) is 9.22. The number of hydrogen-bond donors (Lipinski definition) is 1. The van der Waals surface area contributed by atoms with E-state index in [1.807, 2.05) is 19.1 Å². The van der Waals surface area contributed by atoms with Crippen LogP contribution in [-0.4, -0.2) is 23.4 Å². The highest BCUT2D eigenvalue weighted by molar-refractivity contribution is 9.11. The Morgan fingerprint density at radius 2 is 1.75 bits per heavy atom. The Balaban J connectivity index is 2.50. The molecule has 0 radical (unpaired) electrons. The van der Waals surface area contributed by atoms with Crippen molar-refractivity contribution in [3.05, 3.63) is 31.2 Å². The van der Waals surface area contributed by atoms with Gasteiger partial charge in [0.2, 0.25) is 5.03 Å². The summed E-state index contributed by atoms with van der Waals surface area (Å²) in [5.74, 6) is 0. The quantitative estimate of drug-likeness (QED) is 0.719. The summed E-state index contributed by atoms with van der Waals surface area (Å²) in [6, 6.07) is 3.64. The summed E-state index contributed by atoms with van der Waals surface area (Å²) in [4.78, 5) is 0. The third-order valence-electron chi connectivity index (χ3n) is 2.41. The number of aromatic nitrogens is 3. The molecule has 108 valence electrons. The molecule has 2 aromatic rings. The molecule has 0 aliphatic heterocycles. The molecular formula is C10H9Br3N4O2S. The van der Waals surface area contributed by atoms with Gasteiger partial charge in [-0.05, 0) is 72.4 Å². The standard InChI is InChI=1S/C10H9Br3N4O2S/c1-5-3-6(11)8(7(12)4-5)15-20(18,19)10-9(13)14-16-17(10)2/h3-4,15H,1-2H3. The average molecular weight is 489 g/mol. The maximum absolute atomic E-state index is 12.4. The van der Waals surface area contributed by atoms with Gasteiger partial charge in [0.1, 0.15) is 0 Å². The van der Waals surface area contributed by atoms with Crippen LogP contribution in [0.5, 0.6) is 0 Å². The normalized spacial score (nSPS) is 11.7. The second-order valence-corrected chi connectivity index (χ2v) is 8.08. The number of nitrogens with one attached hydrogen (secondary N) is 1. The van der Waals surface area contributed by atoms with Crippen LogP contribution in [0.25, 0.3) is 0 Å². The van der Waals surface area contributed by atoms with Gasteiger partial charge in [-0.1, -0.05) is 5.21 Å². The van der Waals surface area contributed by atoms with Crippen LogP contribution in [0.3, 0.4) is 0 Å². The highest BCUT2D eigenvalue weighted by atomic mass is 79.9. The predicted octanol–water partition coefficient (Wildman–Crippen LogP) is 3.21. The number of sulfonamides is 1. The van der Waals surface area contributed by atoms with Crippen molar-refractivity contribution in [2.24, 2.45) is 7.05 Å². The molecular weight excluding hydrogens is 480 g/mol. The Hall–Kier alpha value is -0.450. The molecule has 1 aromatic carbocycles. The Morgan fingerprint density at radius 1 is 1.20 bits per heavy atom. The van der Waals surface area contributed by atoms with E-state index in [0.29, 0.717) is 14.6 Å². The van der Waals surface area contributed by atoms with Crippen molar-refractivity contribution in [3.8, 4) is 0 Å². The van der Waals surface area contributed by atoms with Crippen molar-refractivity contribution in [3.63, 3.8) is 0 Å². The fourth-order valence-electron chi connectivity index (χ4n) is 1.59. The van der Waals surface area contributed by atoms with Gasteiger partial charge in [0.25, 0.3) is 10.0 Å². The van der Waals surface area contributed by atoms with Crippen molar-refractivity contribution in [2.75, 3.05) is 4.72 Å². The second kappa shape index (κ2) is 5.74. The van der Waals surface area contributed by atoms with Crippen molar-refractivity contribution >= 4 is 63.5 Å². The maximum atomic E-state index is 12.4. The van der Waals surface area contributed by atoms with E-state index in [1.54, 1.807) is 0 Å².